The van der Waals surface area contributed by atoms with Crippen LogP contribution in [-0.2, 0) is 23.5 Å². The van der Waals surface area contributed by atoms with Crippen molar-refractivity contribution in [1.82, 2.24) is 20.4 Å². The molecule has 3 amide bonds. The summed E-state index contributed by atoms with van der Waals surface area (Å²) >= 11 is 3.39. The van der Waals surface area contributed by atoms with Crippen LogP contribution in [0.3, 0.4) is 0 Å². The maximum atomic E-state index is 13.0. The number of halogens is 1. The Morgan fingerprint density at radius 3 is 2.61 bits per heavy atom. The van der Waals surface area contributed by atoms with Crippen molar-refractivity contribution in [2.45, 2.75) is 25.6 Å². The van der Waals surface area contributed by atoms with Gasteiger partial charge in [0.1, 0.15) is 23.6 Å². The molecule has 9 nitrogen and oxygen atoms in total. The number of hydrogen-bond acceptors (Lipinski definition) is 7. The summed E-state index contributed by atoms with van der Waals surface area (Å²) in [6.45, 7) is 1.60. The number of nitrogens with one attached hydrogen (secondary N) is 1. The lowest BCUT2D eigenvalue weighted by atomic mass is 9.92. The molecule has 1 aliphatic rings. The van der Waals surface area contributed by atoms with E-state index in [4.69, 9.17) is 14.0 Å². The standard InChI is InChI=1S/C21H19BrN4O5/c1-21(13-4-3-5-14(22)10-13)19(27)26(20(28)24-21)11-18-23-17(25-31-18)12-30-16-8-6-15(29-2)7-9-16/h3-10H,11-12H2,1-2H3,(H,24,28)/t21-/m1/s1. The molecular weight excluding hydrogens is 468 g/mol. The van der Waals surface area contributed by atoms with Gasteiger partial charge in [-0.05, 0) is 48.9 Å². The summed E-state index contributed by atoms with van der Waals surface area (Å²) < 4.78 is 16.7. The van der Waals surface area contributed by atoms with Crippen LogP contribution in [0.2, 0.25) is 0 Å². The van der Waals surface area contributed by atoms with E-state index >= 15 is 0 Å². The minimum atomic E-state index is -1.18. The number of carbonyl (C=O) groups excluding carboxylic acids is 2. The SMILES string of the molecule is COc1ccc(OCc2noc(CN3C(=O)N[C@](C)(c4cccc(Br)c4)C3=O)n2)cc1. The molecule has 1 atom stereocenters. The molecule has 31 heavy (non-hydrogen) atoms. The molecule has 1 fully saturated rings. The Labute approximate surface area is 186 Å². The van der Waals surface area contributed by atoms with Crippen LogP contribution in [0.5, 0.6) is 11.5 Å². The summed E-state index contributed by atoms with van der Waals surface area (Å²) in [5.41, 5.74) is -0.511. The zero-order chi connectivity index (χ0) is 22.0. The van der Waals surface area contributed by atoms with Gasteiger partial charge in [-0.3, -0.25) is 9.69 Å². The first-order valence-corrected chi connectivity index (χ1v) is 10.2. The molecule has 0 unspecified atom stereocenters. The molecule has 4 rings (SSSR count). The van der Waals surface area contributed by atoms with Crippen LogP contribution in [0.25, 0.3) is 0 Å². The summed E-state index contributed by atoms with van der Waals surface area (Å²) in [4.78, 5) is 30.8. The Morgan fingerprint density at radius 2 is 1.90 bits per heavy atom. The minimum absolute atomic E-state index is 0.0751. The highest BCUT2D eigenvalue weighted by Crippen LogP contribution is 2.31. The first-order chi connectivity index (χ1) is 14.9. The fourth-order valence-electron chi connectivity index (χ4n) is 3.20. The van der Waals surface area contributed by atoms with E-state index in [2.05, 4.69) is 31.4 Å². The Kier molecular flexibility index (Phi) is 5.64. The summed E-state index contributed by atoms with van der Waals surface area (Å²) in [5.74, 6) is 1.37. The molecule has 2 heterocycles. The van der Waals surface area contributed by atoms with Crippen molar-refractivity contribution in [2.24, 2.45) is 0 Å². The van der Waals surface area contributed by atoms with Crippen LogP contribution in [0.1, 0.15) is 24.2 Å². The van der Waals surface area contributed by atoms with Gasteiger partial charge in [0.2, 0.25) is 11.7 Å². The normalized spacial score (nSPS) is 18.2. The maximum Gasteiger partial charge on any atom is 0.325 e. The largest absolute Gasteiger partial charge is 0.497 e. The van der Waals surface area contributed by atoms with Gasteiger partial charge in [-0.25, -0.2) is 4.79 Å². The van der Waals surface area contributed by atoms with Crippen LogP contribution in [-0.4, -0.2) is 34.1 Å². The number of benzene rings is 2. The van der Waals surface area contributed by atoms with Crippen molar-refractivity contribution in [3.8, 4) is 11.5 Å². The number of urea groups is 1. The zero-order valence-electron chi connectivity index (χ0n) is 16.8. The lowest BCUT2D eigenvalue weighted by Gasteiger charge is -2.22. The molecule has 0 saturated carbocycles. The predicted molar refractivity (Wildman–Crippen MR) is 112 cm³/mol. The van der Waals surface area contributed by atoms with Gasteiger partial charge in [-0.15, -0.1) is 0 Å². The second kappa shape index (κ2) is 8.38. The zero-order valence-corrected chi connectivity index (χ0v) is 18.4. The molecule has 0 spiro atoms. The summed E-state index contributed by atoms with van der Waals surface area (Å²) in [6, 6.07) is 13.8. The number of imide groups is 1. The topological polar surface area (TPSA) is 107 Å². The van der Waals surface area contributed by atoms with Gasteiger partial charge < -0.3 is 19.3 Å². The number of carbonyl (C=O) groups is 2. The third kappa shape index (κ3) is 4.24. The van der Waals surface area contributed by atoms with Crippen molar-refractivity contribution in [2.75, 3.05) is 7.11 Å². The fraction of sp³-hybridized carbons (Fsp3) is 0.238. The van der Waals surface area contributed by atoms with Crippen molar-refractivity contribution >= 4 is 27.9 Å². The highest BCUT2D eigenvalue weighted by molar-refractivity contribution is 9.10. The van der Waals surface area contributed by atoms with Crippen LogP contribution in [0, 0.1) is 0 Å². The molecule has 1 aromatic heterocycles. The molecule has 1 saturated heterocycles. The Morgan fingerprint density at radius 1 is 1.16 bits per heavy atom. The predicted octanol–water partition coefficient (Wildman–Crippen LogP) is 3.39. The number of aromatic nitrogens is 2. The lowest BCUT2D eigenvalue weighted by molar-refractivity contribution is -0.131. The van der Waals surface area contributed by atoms with Gasteiger partial charge in [-0.1, -0.05) is 33.2 Å². The second-order valence-corrected chi connectivity index (χ2v) is 7.94. The van der Waals surface area contributed by atoms with Crippen LogP contribution < -0.4 is 14.8 Å². The monoisotopic (exact) mass is 486 g/mol. The van der Waals surface area contributed by atoms with Crippen molar-refractivity contribution in [1.29, 1.82) is 0 Å². The van der Waals surface area contributed by atoms with E-state index in [-0.39, 0.29) is 19.0 Å². The molecule has 0 bridgehead atoms. The first-order valence-electron chi connectivity index (χ1n) is 9.37. The van der Waals surface area contributed by atoms with Gasteiger partial charge in [0, 0.05) is 4.47 Å². The van der Waals surface area contributed by atoms with Crippen molar-refractivity contribution in [3.05, 3.63) is 70.3 Å². The maximum absolute atomic E-state index is 13.0. The molecular formula is C21H19BrN4O5. The molecule has 1 N–H and O–H groups in total. The Balaban J connectivity index is 1.42. The third-order valence-corrected chi connectivity index (χ3v) is 5.40. The van der Waals surface area contributed by atoms with Gasteiger partial charge >= 0.3 is 6.03 Å². The van der Waals surface area contributed by atoms with Crippen LogP contribution in [0.15, 0.2) is 57.5 Å². The minimum Gasteiger partial charge on any atom is -0.497 e. The fourth-order valence-corrected chi connectivity index (χ4v) is 3.60. The number of nitrogens with zero attached hydrogens (tertiary/aromatic N) is 3. The smallest absolute Gasteiger partial charge is 0.325 e. The quantitative estimate of drug-likeness (QED) is 0.510. The summed E-state index contributed by atoms with van der Waals surface area (Å²) in [5, 5.41) is 6.60. The number of hydrogen-bond donors (Lipinski definition) is 1. The van der Waals surface area contributed by atoms with E-state index < -0.39 is 17.5 Å². The van der Waals surface area contributed by atoms with Gasteiger partial charge in [0.25, 0.3) is 5.91 Å². The van der Waals surface area contributed by atoms with E-state index in [1.807, 2.05) is 6.07 Å². The van der Waals surface area contributed by atoms with Gasteiger partial charge in [-0.2, -0.15) is 4.98 Å². The number of methoxy groups -OCH3 is 1. The van der Waals surface area contributed by atoms with Crippen molar-refractivity contribution < 1.29 is 23.6 Å². The van der Waals surface area contributed by atoms with E-state index in [9.17, 15) is 9.59 Å². The Bertz CT molecular complexity index is 1120. The second-order valence-electron chi connectivity index (χ2n) is 7.03. The highest BCUT2D eigenvalue weighted by Gasteiger charge is 2.49. The molecule has 160 valence electrons. The molecule has 2 aromatic carbocycles. The third-order valence-electron chi connectivity index (χ3n) is 4.91. The van der Waals surface area contributed by atoms with E-state index in [1.165, 1.54) is 0 Å². The van der Waals surface area contributed by atoms with E-state index in [0.29, 0.717) is 17.1 Å². The summed E-state index contributed by atoms with van der Waals surface area (Å²) in [6.07, 6.45) is 0. The molecule has 3 aromatic rings. The molecule has 0 aliphatic carbocycles. The van der Waals surface area contributed by atoms with E-state index in [1.54, 1.807) is 56.5 Å². The van der Waals surface area contributed by atoms with E-state index in [0.717, 1.165) is 15.1 Å². The summed E-state index contributed by atoms with van der Waals surface area (Å²) in [7, 11) is 1.59. The van der Waals surface area contributed by atoms with Crippen LogP contribution >= 0.6 is 15.9 Å². The molecule has 1 aliphatic heterocycles. The molecule has 10 heteroatoms. The lowest BCUT2D eigenvalue weighted by Crippen LogP contribution is -2.40. The Hall–Kier alpha value is -3.40. The number of rotatable bonds is 7. The number of amides is 3. The molecule has 0 radical (unpaired) electrons. The number of ether oxygens (including phenoxy) is 2. The van der Waals surface area contributed by atoms with Crippen molar-refractivity contribution in [3.63, 3.8) is 0 Å². The van der Waals surface area contributed by atoms with Gasteiger partial charge in [0.05, 0.1) is 7.11 Å². The van der Waals surface area contributed by atoms with Crippen LogP contribution in [0.4, 0.5) is 4.79 Å². The first kappa shape index (κ1) is 20.9. The average molecular weight is 487 g/mol. The average Bonchev–Trinajstić information content (AvgIpc) is 3.31. The van der Waals surface area contributed by atoms with Gasteiger partial charge in [0.15, 0.2) is 6.61 Å². The highest BCUT2D eigenvalue weighted by atomic mass is 79.9.